The molecule has 0 spiro atoms. The number of carbonyl (C=O) groups is 3. The third kappa shape index (κ3) is 71.8. The van der Waals surface area contributed by atoms with Gasteiger partial charge in [-0.2, -0.15) is 0 Å². The Bertz CT molecular complexity index is 1740. The van der Waals surface area contributed by atoms with E-state index in [1.54, 1.807) is 0 Å². The van der Waals surface area contributed by atoms with Gasteiger partial charge in [-0.25, -0.2) is 0 Å². The monoisotopic (exact) mass is 1250 g/mol. The molecule has 2 atom stereocenters. The van der Waals surface area contributed by atoms with Gasteiger partial charge in [-0.05, 0) is 89.9 Å². The van der Waals surface area contributed by atoms with Crippen LogP contribution in [0.1, 0.15) is 348 Å². The van der Waals surface area contributed by atoms with Crippen LogP contribution in [-0.2, 0) is 33.3 Å². The molecule has 0 aromatic heterocycles. The minimum absolute atomic E-state index is 0.140. The highest BCUT2D eigenvalue weighted by molar-refractivity contribution is 5.70. The summed E-state index contributed by atoms with van der Waals surface area (Å²) in [5.41, 5.74) is 0. The van der Waals surface area contributed by atoms with Gasteiger partial charge in [0.2, 0.25) is 0 Å². The number of nitrogens with zero attached hydrogens (tertiary/aromatic N) is 1. The van der Waals surface area contributed by atoms with Crippen molar-refractivity contribution in [2.75, 3.05) is 47.5 Å². The van der Waals surface area contributed by atoms with Crippen molar-refractivity contribution >= 4 is 17.9 Å². The summed E-state index contributed by atoms with van der Waals surface area (Å²) in [6, 6.07) is 0. The highest BCUT2D eigenvalue weighted by Gasteiger charge is 2.22. The van der Waals surface area contributed by atoms with Gasteiger partial charge in [0.1, 0.15) is 13.2 Å². The van der Waals surface area contributed by atoms with E-state index in [4.69, 9.17) is 18.9 Å². The van der Waals surface area contributed by atoms with Gasteiger partial charge in [0.15, 0.2) is 12.4 Å². The van der Waals surface area contributed by atoms with Gasteiger partial charge in [0.25, 0.3) is 0 Å². The number of allylic oxidation sites excluding steroid dienone is 14. The molecule has 0 rings (SSSR count). The maximum atomic E-state index is 12.9. The average Bonchev–Trinajstić information content (AvgIpc) is 3.64. The first-order valence-corrected chi connectivity index (χ1v) is 37.7. The van der Waals surface area contributed by atoms with Gasteiger partial charge in [0.05, 0.1) is 40.3 Å². The fourth-order valence-corrected chi connectivity index (χ4v) is 10.9. The van der Waals surface area contributed by atoms with Crippen molar-refractivity contribution in [2.45, 2.75) is 360 Å². The molecule has 0 amide bonds. The van der Waals surface area contributed by atoms with E-state index in [0.717, 1.165) is 83.5 Å². The molecule has 89 heavy (non-hydrogen) atoms. The van der Waals surface area contributed by atoms with Crippen LogP contribution in [0.3, 0.4) is 0 Å². The molecule has 0 aliphatic carbocycles. The van der Waals surface area contributed by atoms with Crippen LogP contribution in [0.25, 0.3) is 0 Å². The zero-order valence-electron chi connectivity index (χ0n) is 59.0. The van der Waals surface area contributed by atoms with Crippen LogP contribution in [0, 0.1) is 0 Å². The lowest BCUT2D eigenvalue weighted by Gasteiger charge is -2.26. The number of unbranched alkanes of at least 4 members (excludes halogenated alkanes) is 41. The summed E-state index contributed by atoms with van der Waals surface area (Å²) in [5.74, 6) is -2.31. The quantitative estimate of drug-likeness (QED) is 0.0195. The van der Waals surface area contributed by atoms with E-state index in [1.807, 2.05) is 21.1 Å². The van der Waals surface area contributed by atoms with Gasteiger partial charge < -0.3 is 33.3 Å². The third-order valence-electron chi connectivity index (χ3n) is 16.6. The van der Waals surface area contributed by atoms with E-state index < -0.39 is 24.3 Å². The van der Waals surface area contributed by atoms with Crippen LogP contribution >= 0.6 is 0 Å². The highest BCUT2D eigenvalue weighted by Crippen LogP contribution is 2.19. The van der Waals surface area contributed by atoms with E-state index in [1.165, 1.54) is 231 Å². The Morgan fingerprint density at radius 1 is 0.348 bits per heavy atom. The number of rotatable bonds is 70. The summed E-state index contributed by atoms with van der Waals surface area (Å²) in [6.07, 6.45) is 92.8. The molecule has 9 nitrogen and oxygen atoms in total. The SMILES string of the molecule is CC/C=C\C/C=C\C/C=C\C/C=C\C/C=C\C/C=C\CCCCCCC(=O)OC(COC(=O)CCCCCCCCCCCCCCCCCCCCCCCCCCCCCCC/C=C\CCCCCCCCCC)COC(OCC[N+](C)(C)C)C(=O)[O-]. The van der Waals surface area contributed by atoms with Crippen LogP contribution in [-0.4, -0.2) is 82.3 Å². The fraction of sp³-hybridized carbons (Fsp3) is 0.787. The van der Waals surface area contributed by atoms with Crippen molar-refractivity contribution in [1.82, 2.24) is 0 Å². The number of carboxylic acid groups (broad SMARTS) is 1. The predicted molar refractivity (Wildman–Crippen MR) is 380 cm³/mol. The Balaban J connectivity index is 3.98. The van der Waals surface area contributed by atoms with Gasteiger partial charge in [-0.15, -0.1) is 0 Å². The molecule has 516 valence electrons. The van der Waals surface area contributed by atoms with Crippen LogP contribution < -0.4 is 5.11 Å². The van der Waals surface area contributed by atoms with Gasteiger partial charge in [0, 0.05) is 12.8 Å². The molecular formula is C80H143NO8. The summed E-state index contributed by atoms with van der Waals surface area (Å²) in [5, 5.41) is 11.8. The van der Waals surface area contributed by atoms with Crippen molar-refractivity contribution in [3.63, 3.8) is 0 Å². The highest BCUT2D eigenvalue weighted by atomic mass is 16.7. The summed E-state index contributed by atoms with van der Waals surface area (Å²) in [4.78, 5) is 37.5. The number of carboxylic acids is 1. The Hall–Kier alpha value is -3.53. The topological polar surface area (TPSA) is 111 Å². The molecule has 0 bridgehead atoms. The largest absolute Gasteiger partial charge is 0.545 e. The predicted octanol–water partition coefficient (Wildman–Crippen LogP) is 22.5. The Labute approximate surface area is 550 Å². The number of ether oxygens (including phenoxy) is 4. The molecule has 0 radical (unpaired) electrons. The second kappa shape index (κ2) is 70.3. The first-order chi connectivity index (χ1) is 43.6. The van der Waals surface area contributed by atoms with Gasteiger partial charge in [-0.3, -0.25) is 9.59 Å². The molecule has 0 aliphatic heterocycles. The summed E-state index contributed by atoms with van der Waals surface area (Å²) >= 11 is 0. The Morgan fingerprint density at radius 3 is 0.966 bits per heavy atom. The van der Waals surface area contributed by atoms with Gasteiger partial charge >= 0.3 is 11.9 Å². The maximum Gasteiger partial charge on any atom is 0.306 e. The van der Waals surface area contributed by atoms with Crippen LogP contribution in [0.15, 0.2) is 85.1 Å². The number of hydrogen-bond donors (Lipinski definition) is 0. The Kier molecular flexibility index (Phi) is 67.6. The van der Waals surface area contributed by atoms with Crippen molar-refractivity contribution in [1.29, 1.82) is 0 Å². The number of esters is 2. The molecular weight excluding hydrogens is 1100 g/mol. The molecule has 0 N–H and O–H groups in total. The third-order valence-corrected chi connectivity index (χ3v) is 16.6. The van der Waals surface area contributed by atoms with Crippen LogP contribution in [0.2, 0.25) is 0 Å². The standard InChI is InChI=1S/C80H143NO8/c1-6-8-10-12-14-16-18-20-22-24-26-28-30-31-32-33-34-35-36-37-38-39-40-41-42-43-44-45-46-47-49-50-52-54-56-58-60-62-64-66-68-70-77(82)87-74-76(75-88-80(79(84)85)86-73-72-81(3,4)5)89-78(83)71-69-67-65-63-61-59-57-55-53-51-48-29-27-25-23-21-19-17-15-13-11-9-7-2/h9,11,15,17,21,23-24,26-27,29,51,53,57,59,76,80H,6-8,10,12-14,16,18-20,22,25,28,30-50,52,54-56,58,60-75H2,1-5H3/b11-9-,17-15-,23-21-,26-24-,29-27-,53-51-,59-57-. The van der Waals surface area contributed by atoms with Crippen LogP contribution in [0.5, 0.6) is 0 Å². The van der Waals surface area contributed by atoms with Crippen molar-refractivity contribution < 1.29 is 42.9 Å². The molecule has 0 aromatic carbocycles. The number of likely N-dealkylation sites (N-methyl/N-ethyl adjacent to an activating group) is 1. The number of carbonyl (C=O) groups excluding carboxylic acids is 3. The lowest BCUT2D eigenvalue weighted by Crippen LogP contribution is -2.44. The molecule has 0 fully saturated rings. The van der Waals surface area contributed by atoms with Gasteiger partial charge in [-0.1, -0.05) is 330 Å². The van der Waals surface area contributed by atoms with E-state index in [-0.39, 0.29) is 38.6 Å². The molecule has 0 saturated heterocycles. The van der Waals surface area contributed by atoms with Crippen LogP contribution in [0.4, 0.5) is 0 Å². The summed E-state index contributed by atoms with van der Waals surface area (Å²) in [6.45, 7) is 4.64. The van der Waals surface area contributed by atoms with E-state index in [2.05, 4.69) is 98.9 Å². The smallest absolute Gasteiger partial charge is 0.306 e. The number of aliphatic carboxylic acids is 1. The minimum atomic E-state index is -1.63. The Morgan fingerprint density at radius 2 is 0.640 bits per heavy atom. The molecule has 0 aromatic rings. The maximum absolute atomic E-state index is 12.9. The molecule has 0 aliphatic rings. The molecule has 2 unspecified atom stereocenters. The average molecular weight is 1250 g/mol. The molecule has 9 heteroatoms. The van der Waals surface area contributed by atoms with Crippen molar-refractivity contribution in [3.8, 4) is 0 Å². The first kappa shape index (κ1) is 85.5. The van der Waals surface area contributed by atoms with E-state index in [0.29, 0.717) is 17.4 Å². The number of hydrogen-bond acceptors (Lipinski definition) is 8. The second-order valence-corrected chi connectivity index (χ2v) is 26.6. The zero-order chi connectivity index (χ0) is 64.7. The fourth-order valence-electron chi connectivity index (χ4n) is 10.9. The first-order valence-electron chi connectivity index (χ1n) is 37.7. The zero-order valence-corrected chi connectivity index (χ0v) is 59.0. The van der Waals surface area contributed by atoms with Crippen molar-refractivity contribution in [2.24, 2.45) is 0 Å². The lowest BCUT2D eigenvalue weighted by molar-refractivity contribution is -0.870. The van der Waals surface area contributed by atoms with E-state index >= 15 is 0 Å². The second-order valence-electron chi connectivity index (χ2n) is 26.6. The number of quaternary nitrogens is 1. The lowest BCUT2D eigenvalue weighted by atomic mass is 10.0. The normalized spacial score (nSPS) is 13.1. The molecule has 0 saturated carbocycles. The van der Waals surface area contributed by atoms with E-state index in [9.17, 15) is 19.5 Å². The minimum Gasteiger partial charge on any atom is -0.545 e. The van der Waals surface area contributed by atoms with Crippen molar-refractivity contribution in [3.05, 3.63) is 85.1 Å². The summed E-state index contributed by atoms with van der Waals surface area (Å²) < 4.78 is 22.8. The summed E-state index contributed by atoms with van der Waals surface area (Å²) in [7, 11) is 5.92. The molecule has 0 heterocycles.